The van der Waals surface area contributed by atoms with Crippen LogP contribution >= 0.6 is 15.9 Å². The Balaban J connectivity index is 2.06. The fourth-order valence-electron chi connectivity index (χ4n) is 2.82. The number of alkyl halides is 1. The van der Waals surface area contributed by atoms with E-state index in [2.05, 4.69) is 40.3 Å². The van der Waals surface area contributed by atoms with Gasteiger partial charge in [0.25, 0.3) is 0 Å². The summed E-state index contributed by atoms with van der Waals surface area (Å²) >= 11 is 3.42. The van der Waals surface area contributed by atoms with Crippen molar-refractivity contribution < 1.29 is 4.79 Å². The van der Waals surface area contributed by atoms with Gasteiger partial charge in [-0.25, -0.2) is 0 Å². The van der Waals surface area contributed by atoms with Crippen LogP contribution in [0.3, 0.4) is 0 Å². The van der Waals surface area contributed by atoms with Crippen molar-refractivity contribution in [2.45, 2.75) is 45.6 Å². The maximum absolute atomic E-state index is 12.1. The molecular formula is C12H19BrN2O. The number of hydrogen-bond donors (Lipinski definition) is 1. The van der Waals surface area contributed by atoms with E-state index in [0.29, 0.717) is 12.2 Å². The molecule has 1 heterocycles. The Labute approximate surface area is 105 Å². The lowest BCUT2D eigenvalue weighted by molar-refractivity contribution is -0.126. The van der Waals surface area contributed by atoms with E-state index in [9.17, 15) is 4.79 Å². The molecule has 0 saturated heterocycles. The number of nitrogens with zero attached hydrogens (tertiary/aromatic N) is 1. The van der Waals surface area contributed by atoms with Crippen LogP contribution in [0.5, 0.6) is 0 Å². The van der Waals surface area contributed by atoms with Gasteiger partial charge in [0.2, 0.25) is 0 Å². The van der Waals surface area contributed by atoms with E-state index in [1.54, 1.807) is 0 Å². The highest BCUT2D eigenvalue weighted by molar-refractivity contribution is 9.09. The number of hydrogen-bond acceptors (Lipinski definition) is 3. The quantitative estimate of drug-likeness (QED) is 0.810. The predicted molar refractivity (Wildman–Crippen MR) is 68.9 cm³/mol. The first kappa shape index (κ1) is 12.1. The first-order valence-electron chi connectivity index (χ1n) is 5.94. The summed E-state index contributed by atoms with van der Waals surface area (Å²) < 4.78 is 0. The molecule has 0 aromatic carbocycles. The lowest BCUT2D eigenvalue weighted by atomic mass is 9.68. The second-order valence-electron chi connectivity index (χ2n) is 5.62. The normalized spacial score (nSPS) is 31.9. The lowest BCUT2D eigenvalue weighted by Crippen LogP contribution is -2.45. The van der Waals surface area contributed by atoms with Crippen LogP contribution < -0.4 is 5.43 Å². The van der Waals surface area contributed by atoms with Crippen LogP contribution in [0.15, 0.2) is 5.10 Å². The maximum Gasteiger partial charge on any atom is 0.144 e. The van der Waals surface area contributed by atoms with E-state index in [1.165, 1.54) is 0 Å². The molecule has 2 atom stereocenters. The number of halogens is 1. The van der Waals surface area contributed by atoms with Gasteiger partial charge in [0.15, 0.2) is 0 Å². The molecule has 0 bridgehead atoms. The summed E-state index contributed by atoms with van der Waals surface area (Å²) in [5.74, 6) is 0.437. The molecule has 0 spiro atoms. The number of nitrogens with one attached hydrogen (secondary N) is 1. The van der Waals surface area contributed by atoms with Crippen LogP contribution in [0.4, 0.5) is 0 Å². The molecule has 90 valence electrons. The van der Waals surface area contributed by atoms with E-state index in [-0.39, 0.29) is 17.4 Å². The van der Waals surface area contributed by atoms with E-state index < -0.39 is 0 Å². The zero-order valence-corrected chi connectivity index (χ0v) is 11.5. The van der Waals surface area contributed by atoms with Crippen molar-refractivity contribution in [3.05, 3.63) is 0 Å². The van der Waals surface area contributed by atoms with Gasteiger partial charge in [-0.3, -0.25) is 4.79 Å². The fraction of sp³-hybridized carbons (Fsp3) is 0.833. The van der Waals surface area contributed by atoms with Crippen molar-refractivity contribution >= 4 is 27.4 Å². The molecule has 0 aromatic rings. The van der Waals surface area contributed by atoms with Crippen molar-refractivity contribution in [2.75, 3.05) is 5.33 Å². The van der Waals surface area contributed by atoms with Crippen molar-refractivity contribution in [2.24, 2.45) is 16.4 Å². The SMILES string of the molecule is CC1(C)CC(=O)[C@H]2C(CCCBr)=NN[C@H]2C1. The Bertz CT molecular complexity index is 325. The number of carbonyl (C=O) groups is 1. The Hall–Kier alpha value is -0.380. The summed E-state index contributed by atoms with van der Waals surface area (Å²) in [6.45, 7) is 4.33. The summed E-state index contributed by atoms with van der Waals surface area (Å²) in [6.07, 6.45) is 3.74. The van der Waals surface area contributed by atoms with Gasteiger partial charge in [-0.2, -0.15) is 5.10 Å². The third-order valence-electron chi connectivity index (χ3n) is 3.47. The van der Waals surface area contributed by atoms with Gasteiger partial charge in [-0.05, 0) is 24.7 Å². The zero-order valence-electron chi connectivity index (χ0n) is 9.92. The molecule has 2 aliphatic rings. The molecule has 4 heteroatoms. The maximum atomic E-state index is 12.1. The summed E-state index contributed by atoms with van der Waals surface area (Å²) in [4.78, 5) is 12.1. The smallest absolute Gasteiger partial charge is 0.144 e. The van der Waals surface area contributed by atoms with Crippen molar-refractivity contribution in [1.29, 1.82) is 0 Å². The highest BCUT2D eigenvalue weighted by atomic mass is 79.9. The highest BCUT2D eigenvalue weighted by Gasteiger charge is 2.45. The number of fused-ring (bicyclic) bond motifs is 1. The lowest BCUT2D eigenvalue weighted by Gasteiger charge is -2.36. The van der Waals surface area contributed by atoms with E-state index in [0.717, 1.165) is 30.3 Å². The van der Waals surface area contributed by atoms with Crippen LogP contribution in [-0.4, -0.2) is 22.9 Å². The molecule has 1 aliphatic heterocycles. The van der Waals surface area contributed by atoms with Gasteiger partial charge >= 0.3 is 0 Å². The minimum Gasteiger partial charge on any atom is -0.306 e. The molecule has 0 aromatic heterocycles. The molecule has 1 N–H and O–H groups in total. The number of carbonyl (C=O) groups excluding carboxylic acids is 1. The minimum absolute atomic E-state index is 0.0621. The largest absolute Gasteiger partial charge is 0.306 e. The average molecular weight is 287 g/mol. The molecule has 1 fully saturated rings. The van der Waals surface area contributed by atoms with Crippen molar-refractivity contribution in [3.8, 4) is 0 Å². The summed E-state index contributed by atoms with van der Waals surface area (Å²) in [5, 5.41) is 5.33. The summed E-state index contributed by atoms with van der Waals surface area (Å²) in [6, 6.07) is 0.251. The molecule has 0 amide bonds. The topological polar surface area (TPSA) is 41.5 Å². The first-order valence-corrected chi connectivity index (χ1v) is 7.06. The number of hydrazone groups is 1. The third-order valence-corrected chi connectivity index (χ3v) is 4.03. The van der Waals surface area contributed by atoms with Gasteiger partial charge in [0.05, 0.1) is 17.7 Å². The van der Waals surface area contributed by atoms with Crippen LogP contribution in [0, 0.1) is 11.3 Å². The number of rotatable bonds is 3. The van der Waals surface area contributed by atoms with Crippen molar-refractivity contribution in [1.82, 2.24) is 5.43 Å². The van der Waals surface area contributed by atoms with Gasteiger partial charge in [0.1, 0.15) is 5.78 Å². The Morgan fingerprint density at radius 1 is 1.56 bits per heavy atom. The monoisotopic (exact) mass is 286 g/mol. The zero-order chi connectivity index (χ0) is 11.8. The average Bonchev–Trinajstić information content (AvgIpc) is 2.56. The second-order valence-corrected chi connectivity index (χ2v) is 6.41. The van der Waals surface area contributed by atoms with Crippen LogP contribution in [0.2, 0.25) is 0 Å². The molecule has 0 unspecified atom stereocenters. The molecule has 2 rings (SSSR count). The van der Waals surface area contributed by atoms with E-state index in [1.807, 2.05) is 0 Å². The minimum atomic E-state index is 0.0621. The Kier molecular flexibility index (Phi) is 3.38. The van der Waals surface area contributed by atoms with Crippen LogP contribution in [0.1, 0.15) is 39.5 Å². The highest BCUT2D eigenvalue weighted by Crippen LogP contribution is 2.39. The van der Waals surface area contributed by atoms with Gasteiger partial charge < -0.3 is 5.43 Å². The van der Waals surface area contributed by atoms with Gasteiger partial charge in [-0.15, -0.1) is 0 Å². The molecule has 1 saturated carbocycles. The number of Topliss-reactive ketones (excluding diaryl/α,β-unsaturated/α-hetero) is 1. The second kappa shape index (κ2) is 4.47. The molecule has 0 radical (unpaired) electrons. The Morgan fingerprint density at radius 2 is 2.31 bits per heavy atom. The standard InChI is InChI=1S/C12H19BrN2O/c1-12(2)6-9-11(10(16)7-12)8(14-15-9)4-3-5-13/h9,11,15H,3-7H2,1-2H3/t9-,11-/m0/s1. The van der Waals surface area contributed by atoms with E-state index in [4.69, 9.17) is 0 Å². The third kappa shape index (κ3) is 2.31. The van der Waals surface area contributed by atoms with Gasteiger partial charge in [0, 0.05) is 11.8 Å². The number of ketones is 1. The predicted octanol–water partition coefficient (Wildman–Crippen LogP) is 2.49. The summed E-state index contributed by atoms with van der Waals surface area (Å²) in [7, 11) is 0. The molecular weight excluding hydrogens is 268 g/mol. The van der Waals surface area contributed by atoms with Crippen molar-refractivity contribution in [3.63, 3.8) is 0 Å². The van der Waals surface area contributed by atoms with Crippen LogP contribution in [0.25, 0.3) is 0 Å². The van der Waals surface area contributed by atoms with Crippen LogP contribution in [-0.2, 0) is 4.79 Å². The molecule has 1 aliphatic carbocycles. The molecule has 3 nitrogen and oxygen atoms in total. The summed E-state index contributed by atoms with van der Waals surface area (Å²) in [5.41, 5.74) is 4.36. The first-order chi connectivity index (χ1) is 7.53. The molecule has 16 heavy (non-hydrogen) atoms. The van der Waals surface area contributed by atoms with Gasteiger partial charge in [-0.1, -0.05) is 29.8 Å². The fourth-order valence-corrected chi connectivity index (χ4v) is 3.10. The van der Waals surface area contributed by atoms with E-state index >= 15 is 0 Å². The Morgan fingerprint density at radius 3 is 3.00 bits per heavy atom.